The van der Waals surface area contributed by atoms with Crippen LogP contribution in [0.5, 0.6) is 6.01 Å². The Labute approximate surface area is 102 Å². The summed E-state index contributed by atoms with van der Waals surface area (Å²) in [5, 5.41) is 9.62. The highest BCUT2D eigenvalue weighted by atomic mass is 35.5. The zero-order chi connectivity index (χ0) is 12.0. The number of aryl methyl sites for hydroxylation is 1. The summed E-state index contributed by atoms with van der Waals surface area (Å²) in [6, 6.07) is 5.90. The van der Waals surface area contributed by atoms with Gasteiger partial charge in [0, 0.05) is 17.5 Å². The SMILES string of the molecule is COc1nnc2c3cc(Cl)ccc3n(C)c2n1. The highest BCUT2D eigenvalue weighted by Gasteiger charge is 2.12. The molecule has 0 bridgehead atoms. The van der Waals surface area contributed by atoms with Crippen molar-refractivity contribution in [3.8, 4) is 6.01 Å². The first-order chi connectivity index (χ1) is 8.20. The molecule has 0 aliphatic heterocycles. The molecular formula is C11H9ClN4O. The fourth-order valence-corrected chi connectivity index (χ4v) is 2.07. The van der Waals surface area contributed by atoms with Crippen molar-refractivity contribution in [2.24, 2.45) is 7.05 Å². The average molecular weight is 249 g/mol. The predicted molar refractivity (Wildman–Crippen MR) is 65.4 cm³/mol. The molecule has 17 heavy (non-hydrogen) atoms. The van der Waals surface area contributed by atoms with Gasteiger partial charge in [0.15, 0.2) is 5.65 Å². The van der Waals surface area contributed by atoms with E-state index in [1.165, 1.54) is 7.11 Å². The molecular weight excluding hydrogens is 240 g/mol. The highest BCUT2D eigenvalue weighted by Crippen LogP contribution is 2.27. The normalized spacial score (nSPS) is 11.2. The van der Waals surface area contributed by atoms with E-state index in [1.54, 1.807) is 0 Å². The Morgan fingerprint density at radius 2 is 2.12 bits per heavy atom. The van der Waals surface area contributed by atoms with Crippen LogP contribution >= 0.6 is 11.6 Å². The summed E-state index contributed by atoms with van der Waals surface area (Å²) >= 11 is 5.98. The fraction of sp³-hybridized carbons (Fsp3) is 0.182. The highest BCUT2D eigenvalue weighted by molar-refractivity contribution is 6.31. The van der Waals surface area contributed by atoms with Crippen LogP contribution in [-0.4, -0.2) is 26.9 Å². The van der Waals surface area contributed by atoms with Gasteiger partial charge in [-0.05, 0) is 18.2 Å². The smallest absolute Gasteiger partial charge is 0.337 e. The van der Waals surface area contributed by atoms with Crippen LogP contribution in [0.2, 0.25) is 5.02 Å². The van der Waals surface area contributed by atoms with Gasteiger partial charge in [0.25, 0.3) is 0 Å². The fourth-order valence-electron chi connectivity index (χ4n) is 1.90. The van der Waals surface area contributed by atoms with E-state index >= 15 is 0 Å². The number of fused-ring (bicyclic) bond motifs is 3. The number of nitrogens with zero attached hydrogens (tertiary/aromatic N) is 4. The number of hydrogen-bond acceptors (Lipinski definition) is 4. The number of benzene rings is 1. The second-order valence-electron chi connectivity index (χ2n) is 3.69. The lowest BCUT2D eigenvalue weighted by molar-refractivity contribution is 0.375. The minimum Gasteiger partial charge on any atom is -0.466 e. The minimum absolute atomic E-state index is 0.259. The van der Waals surface area contributed by atoms with Gasteiger partial charge in [-0.1, -0.05) is 16.7 Å². The summed E-state index contributed by atoms with van der Waals surface area (Å²) in [7, 11) is 3.44. The van der Waals surface area contributed by atoms with E-state index < -0.39 is 0 Å². The van der Waals surface area contributed by atoms with Gasteiger partial charge in [0.2, 0.25) is 0 Å². The molecule has 86 valence electrons. The Morgan fingerprint density at radius 3 is 2.88 bits per heavy atom. The molecule has 3 aromatic rings. The van der Waals surface area contributed by atoms with Gasteiger partial charge < -0.3 is 9.30 Å². The summed E-state index contributed by atoms with van der Waals surface area (Å²) in [4.78, 5) is 4.28. The van der Waals surface area contributed by atoms with Gasteiger partial charge in [0.1, 0.15) is 5.52 Å². The lowest BCUT2D eigenvalue weighted by Crippen LogP contribution is -1.97. The zero-order valence-corrected chi connectivity index (χ0v) is 10.1. The molecule has 1 aromatic carbocycles. The van der Waals surface area contributed by atoms with Crippen LogP contribution in [-0.2, 0) is 7.05 Å². The van der Waals surface area contributed by atoms with Crippen molar-refractivity contribution in [1.82, 2.24) is 19.7 Å². The molecule has 0 amide bonds. The molecule has 0 aliphatic rings. The summed E-state index contributed by atoms with van der Waals surface area (Å²) in [5.74, 6) is 0. The summed E-state index contributed by atoms with van der Waals surface area (Å²) < 4.78 is 6.92. The van der Waals surface area contributed by atoms with E-state index in [9.17, 15) is 0 Å². The molecule has 5 nitrogen and oxygen atoms in total. The van der Waals surface area contributed by atoms with Crippen molar-refractivity contribution in [3.63, 3.8) is 0 Å². The number of hydrogen-bond donors (Lipinski definition) is 0. The van der Waals surface area contributed by atoms with Crippen LogP contribution < -0.4 is 4.74 Å². The number of methoxy groups -OCH3 is 1. The third-order valence-corrected chi connectivity index (χ3v) is 2.96. The van der Waals surface area contributed by atoms with Crippen molar-refractivity contribution in [1.29, 1.82) is 0 Å². The Kier molecular flexibility index (Phi) is 2.16. The van der Waals surface area contributed by atoms with Crippen molar-refractivity contribution in [3.05, 3.63) is 23.2 Å². The zero-order valence-electron chi connectivity index (χ0n) is 9.31. The second kappa shape index (κ2) is 3.56. The van der Waals surface area contributed by atoms with E-state index in [4.69, 9.17) is 16.3 Å². The van der Waals surface area contributed by atoms with Gasteiger partial charge in [-0.15, -0.1) is 5.10 Å². The van der Waals surface area contributed by atoms with Crippen molar-refractivity contribution in [2.45, 2.75) is 0 Å². The first kappa shape index (κ1) is 10.3. The summed E-state index contributed by atoms with van der Waals surface area (Å²) in [5.41, 5.74) is 2.47. The maximum atomic E-state index is 5.98. The molecule has 0 spiro atoms. The summed E-state index contributed by atoms with van der Waals surface area (Å²) in [6.45, 7) is 0. The molecule has 0 N–H and O–H groups in total. The van der Waals surface area contributed by atoms with E-state index in [0.29, 0.717) is 5.02 Å². The Balaban J connectivity index is 2.49. The number of aromatic nitrogens is 4. The van der Waals surface area contributed by atoms with Crippen molar-refractivity contribution < 1.29 is 4.74 Å². The van der Waals surface area contributed by atoms with E-state index in [0.717, 1.165) is 22.1 Å². The Morgan fingerprint density at radius 1 is 1.29 bits per heavy atom. The van der Waals surface area contributed by atoms with Crippen LogP contribution in [0.1, 0.15) is 0 Å². The maximum Gasteiger partial charge on any atom is 0.337 e. The number of ether oxygens (including phenoxy) is 1. The Bertz CT molecular complexity index is 722. The van der Waals surface area contributed by atoms with Gasteiger partial charge in [-0.3, -0.25) is 0 Å². The van der Waals surface area contributed by atoms with Crippen LogP contribution in [0.3, 0.4) is 0 Å². The molecule has 6 heteroatoms. The molecule has 0 fully saturated rings. The molecule has 0 atom stereocenters. The average Bonchev–Trinajstić information content (AvgIpc) is 2.62. The number of halogens is 1. The lowest BCUT2D eigenvalue weighted by atomic mass is 10.2. The maximum absolute atomic E-state index is 5.98. The molecule has 0 aliphatic carbocycles. The number of rotatable bonds is 1. The quantitative estimate of drug-likeness (QED) is 0.662. The monoisotopic (exact) mass is 248 g/mol. The van der Waals surface area contributed by atoms with E-state index in [1.807, 2.05) is 29.8 Å². The molecule has 0 unspecified atom stereocenters. The topological polar surface area (TPSA) is 52.8 Å². The third kappa shape index (κ3) is 1.43. The van der Waals surface area contributed by atoms with Crippen molar-refractivity contribution >= 4 is 33.7 Å². The van der Waals surface area contributed by atoms with Gasteiger partial charge in [-0.2, -0.15) is 4.98 Å². The Hall–Kier alpha value is -1.88. The van der Waals surface area contributed by atoms with E-state index in [2.05, 4.69) is 15.2 Å². The lowest BCUT2D eigenvalue weighted by Gasteiger charge is -1.97. The van der Waals surface area contributed by atoms with Crippen molar-refractivity contribution in [2.75, 3.05) is 7.11 Å². The van der Waals surface area contributed by atoms with Crippen LogP contribution in [0.15, 0.2) is 18.2 Å². The van der Waals surface area contributed by atoms with Gasteiger partial charge >= 0.3 is 6.01 Å². The van der Waals surface area contributed by atoms with E-state index in [-0.39, 0.29) is 6.01 Å². The van der Waals surface area contributed by atoms with Gasteiger partial charge in [0.05, 0.1) is 12.6 Å². The third-order valence-electron chi connectivity index (χ3n) is 2.72. The molecule has 0 saturated carbocycles. The summed E-state index contributed by atoms with van der Waals surface area (Å²) in [6.07, 6.45) is 0. The van der Waals surface area contributed by atoms with Crippen LogP contribution in [0.25, 0.3) is 22.1 Å². The molecule has 0 saturated heterocycles. The minimum atomic E-state index is 0.259. The van der Waals surface area contributed by atoms with Gasteiger partial charge in [-0.25, -0.2) is 0 Å². The largest absolute Gasteiger partial charge is 0.466 e. The second-order valence-corrected chi connectivity index (χ2v) is 4.13. The molecule has 0 radical (unpaired) electrons. The molecule has 2 heterocycles. The first-order valence-electron chi connectivity index (χ1n) is 5.03. The standard InChI is InChI=1S/C11H9ClN4O/c1-16-8-4-3-6(12)5-7(8)9-10(16)13-11(17-2)15-14-9/h3-5H,1-2H3. The predicted octanol–water partition coefficient (Wildman–Crippen LogP) is 2.18. The molecule has 2 aromatic heterocycles. The van der Waals surface area contributed by atoms with Crippen LogP contribution in [0.4, 0.5) is 0 Å². The first-order valence-corrected chi connectivity index (χ1v) is 5.41. The molecule has 3 rings (SSSR count). The van der Waals surface area contributed by atoms with Crippen LogP contribution in [0, 0.1) is 0 Å².